The molecule has 2 aliphatic heterocycles. The average Bonchev–Trinajstić information content (AvgIpc) is 2.89. The predicted molar refractivity (Wildman–Crippen MR) is 94.0 cm³/mol. The lowest BCUT2D eigenvalue weighted by Gasteiger charge is -2.35. The smallest absolute Gasteiger partial charge is 0.252 e. The molecule has 2 amide bonds. The molecule has 0 spiro atoms. The van der Waals surface area contributed by atoms with Crippen molar-refractivity contribution in [2.45, 2.75) is 12.5 Å². The molecule has 0 aliphatic carbocycles. The van der Waals surface area contributed by atoms with Crippen LogP contribution in [0, 0.1) is 0 Å². The third kappa shape index (κ3) is 4.38. The van der Waals surface area contributed by atoms with Crippen LogP contribution >= 0.6 is 0 Å². The number of carbonyl (C=O) groups is 2. The zero-order chi connectivity index (χ0) is 18.0. The van der Waals surface area contributed by atoms with Gasteiger partial charge < -0.3 is 10.2 Å². The van der Waals surface area contributed by atoms with Crippen LogP contribution in [-0.2, 0) is 14.6 Å². The van der Waals surface area contributed by atoms with Gasteiger partial charge in [-0.15, -0.1) is 0 Å². The molecule has 25 heavy (non-hydrogen) atoms. The quantitative estimate of drug-likeness (QED) is 0.797. The topological polar surface area (TPSA) is 86.8 Å². The van der Waals surface area contributed by atoms with Crippen LogP contribution in [0.2, 0.25) is 0 Å². The Labute approximate surface area is 147 Å². The molecule has 1 saturated heterocycles. The maximum atomic E-state index is 12.6. The van der Waals surface area contributed by atoms with Crippen LogP contribution in [0.1, 0.15) is 28.4 Å². The number of amides is 2. The van der Waals surface area contributed by atoms with Gasteiger partial charge in [0.2, 0.25) is 5.91 Å². The summed E-state index contributed by atoms with van der Waals surface area (Å²) in [6, 6.07) is 7.08. The first kappa shape index (κ1) is 17.9. The molecule has 2 heterocycles. The van der Waals surface area contributed by atoms with E-state index in [9.17, 15) is 18.0 Å². The van der Waals surface area contributed by atoms with E-state index in [1.807, 2.05) is 18.2 Å². The van der Waals surface area contributed by atoms with Gasteiger partial charge >= 0.3 is 0 Å². The van der Waals surface area contributed by atoms with Crippen molar-refractivity contribution in [3.8, 4) is 0 Å². The number of nitrogens with one attached hydrogen (secondary N) is 1. The molecule has 0 radical (unpaired) electrons. The van der Waals surface area contributed by atoms with Crippen LogP contribution in [0.25, 0.3) is 0 Å². The molecule has 1 aromatic rings. The zero-order valence-corrected chi connectivity index (χ0v) is 15.1. The van der Waals surface area contributed by atoms with Crippen molar-refractivity contribution in [3.05, 3.63) is 35.4 Å². The third-order valence-electron chi connectivity index (χ3n) is 4.77. The van der Waals surface area contributed by atoms with Crippen molar-refractivity contribution >= 4 is 21.7 Å². The maximum absolute atomic E-state index is 12.6. The first-order valence-corrected chi connectivity index (χ1v) is 10.5. The molecule has 1 fully saturated rings. The number of fused-ring (bicyclic) bond motifs is 1. The summed E-state index contributed by atoms with van der Waals surface area (Å²) in [4.78, 5) is 28.4. The minimum atomic E-state index is -2.97. The van der Waals surface area contributed by atoms with E-state index in [4.69, 9.17) is 0 Å². The van der Waals surface area contributed by atoms with E-state index in [1.54, 1.807) is 11.0 Å². The maximum Gasteiger partial charge on any atom is 0.252 e. The van der Waals surface area contributed by atoms with Gasteiger partial charge in [-0.2, -0.15) is 0 Å². The third-order valence-corrected chi connectivity index (χ3v) is 5.69. The summed E-state index contributed by atoms with van der Waals surface area (Å²) in [7, 11) is -2.97. The second kappa shape index (κ2) is 7.13. The lowest BCUT2D eigenvalue weighted by atomic mass is 10.0. The number of piperazine rings is 1. The number of rotatable bonds is 5. The Morgan fingerprint density at radius 2 is 1.88 bits per heavy atom. The summed E-state index contributed by atoms with van der Waals surface area (Å²) in [6.07, 6.45) is 1.49. The van der Waals surface area contributed by atoms with Crippen molar-refractivity contribution in [2.75, 3.05) is 44.7 Å². The van der Waals surface area contributed by atoms with Crippen LogP contribution in [0.4, 0.5) is 0 Å². The van der Waals surface area contributed by atoms with Gasteiger partial charge in [0.05, 0.1) is 18.2 Å². The molecule has 0 bridgehead atoms. The molecule has 3 rings (SSSR count). The van der Waals surface area contributed by atoms with Gasteiger partial charge in [0.1, 0.15) is 9.84 Å². The number of sulfone groups is 1. The van der Waals surface area contributed by atoms with Gasteiger partial charge in [0.25, 0.3) is 5.91 Å². The summed E-state index contributed by atoms with van der Waals surface area (Å²) >= 11 is 0. The summed E-state index contributed by atoms with van der Waals surface area (Å²) in [5.74, 6) is 0.0370. The number of hydrogen-bond acceptors (Lipinski definition) is 5. The van der Waals surface area contributed by atoms with Crippen LogP contribution < -0.4 is 5.32 Å². The fourth-order valence-corrected chi connectivity index (χ4v) is 3.89. The van der Waals surface area contributed by atoms with Gasteiger partial charge in [-0.1, -0.05) is 18.2 Å². The molecule has 0 aromatic heterocycles. The Balaban J connectivity index is 1.52. The van der Waals surface area contributed by atoms with E-state index >= 15 is 0 Å². The number of nitrogens with zero attached hydrogens (tertiary/aromatic N) is 2. The molecule has 1 N–H and O–H groups in total. The molecule has 1 atom stereocenters. The molecule has 136 valence electrons. The Morgan fingerprint density at radius 1 is 1.20 bits per heavy atom. The summed E-state index contributed by atoms with van der Waals surface area (Å²) in [5.41, 5.74) is 1.53. The van der Waals surface area contributed by atoms with Crippen molar-refractivity contribution in [1.82, 2.24) is 15.1 Å². The highest BCUT2D eigenvalue weighted by Gasteiger charge is 2.31. The Hall–Kier alpha value is -1.93. The monoisotopic (exact) mass is 365 g/mol. The van der Waals surface area contributed by atoms with E-state index in [0.717, 1.165) is 5.56 Å². The number of carbonyl (C=O) groups excluding carboxylic acids is 2. The van der Waals surface area contributed by atoms with Gasteiger partial charge in [0.15, 0.2) is 0 Å². The molecule has 0 unspecified atom stereocenters. The fraction of sp³-hybridized carbons (Fsp3) is 0.529. The van der Waals surface area contributed by atoms with Gasteiger partial charge in [-0.05, 0) is 11.6 Å². The molecular formula is C17H23N3O4S. The van der Waals surface area contributed by atoms with Crippen molar-refractivity contribution in [3.63, 3.8) is 0 Å². The average molecular weight is 365 g/mol. The normalized spacial score (nSPS) is 21.1. The minimum Gasteiger partial charge on any atom is -0.345 e. The number of benzene rings is 1. The van der Waals surface area contributed by atoms with Crippen LogP contribution in [0.5, 0.6) is 0 Å². The second-order valence-electron chi connectivity index (χ2n) is 6.67. The van der Waals surface area contributed by atoms with E-state index in [1.165, 1.54) is 6.26 Å². The summed E-state index contributed by atoms with van der Waals surface area (Å²) in [5, 5.41) is 2.87. The first-order valence-electron chi connectivity index (χ1n) is 8.41. The number of hydrogen-bond donors (Lipinski definition) is 1. The molecular weight excluding hydrogens is 342 g/mol. The first-order chi connectivity index (χ1) is 11.8. The highest BCUT2D eigenvalue weighted by Crippen LogP contribution is 2.28. The molecule has 8 heteroatoms. The lowest BCUT2D eigenvalue weighted by Crippen LogP contribution is -2.50. The highest BCUT2D eigenvalue weighted by molar-refractivity contribution is 7.90. The molecule has 2 aliphatic rings. The van der Waals surface area contributed by atoms with Gasteiger partial charge in [-0.25, -0.2) is 8.42 Å². The largest absolute Gasteiger partial charge is 0.345 e. The Kier molecular flexibility index (Phi) is 5.10. The van der Waals surface area contributed by atoms with E-state index < -0.39 is 9.84 Å². The van der Waals surface area contributed by atoms with E-state index in [-0.39, 0.29) is 30.0 Å². The van der Waals surface area contributed by atoms with Crippen LogP contribution in [-0.4, -0.2) is 74.8 Å². The molecule has 7 nitrogen and oxygen atoms in total. The SMILES string of the molecule is CS(=O)(=O)CCN1CCN(C(=O)C[C@@H]2NC(=O)c3ccccc32)CC1. The second-order valence-corrected chi connectivity index (χ2v) is 8.93. The minimum absolute atomic E-state index is 0.0183. The van der Waals surface area contributed by atoms with Crippen LogP contribution in [0.3, 0.4) is 0 Å². The summed E-state index contributed by atoms with van der Waals surface area (Å²) < 4.78 is 22.5. The zero-order valence-electron chi connectivity index (χ0n) is 14.3. The lowest BCUT2D eigenvalue weighted by molar-refractivity contribution is -0.133. The Morgan fingerprint density at radius 3 is 2.56 bits per heavy atom. The fourth-order valence-electron chi connectivity index (χ4n) is 3.30. The standard InChI is InChI=1S/C17H23N3O4S/c1-25(23,24)11-10-19-6-8-20(9-7-19)16(21)12-15-13-4-2-3-5-14(13)17(22)18-15/h2-5,15H,6-12H2,1H3,(H,18,22)/t15-/m0/s1. The van der Waals surface area contributed by atoms with Crippen molar-refractivity contribution < 1.29 is 18.0 Å². The van der Waals surface area contributed by atoms with Crippen molar-refractivity contribution in [2.24, 2.45) is 0 Å². The van der Waals surface area contributed by atoms with Gasteiger partial charge in [-0.3, -0.25) is 14.5 Å². The predicted octanol–water partition coefficient (Wildman–Crippen LogP) is 0.0500. The Bertz CT molecular complexity index is 770. The highest BCUT2D eigenvalue weighted by atomic mass is 32.2. The van der Waals surface area contributed by atoms with E-state index in [2.05, 4.69) is 10.2 Å². The van der Waals surface area contributed by atoms with Crippen molar-refractivity contribution in [1.29, 1.82) is 0 Å². The molecule has 1 aromatic carbocycles. The molecule has 0 saturated carbocycles. The summed E-state index contributed by atoms with van der Waals surface area (Å²) in [6.45, 7) is 3.03. The van der Waals surface area contributed by atoms with E-state index in [0.29, 0.717) is 38.3 Å². The van der Waals surface area contributed by atoms with Gasteiger partial charge in [0, 0.05) is 44.5 Å². The van der Waals surface area contributed by atoms with Crippen LogP contribution in [0.15, 0.2) is 24.3 Å².